The first-order chi connectivity index (χ1) is 8.75. The number of pyridine rings is 1. The van der Waals surface area contributed by atoms with Gasteiger partial charge in [-0.2, -0.15) is 0 Å². The second kappa shape index (κ2) is 6.12. The molecule has 0 fully saturated rings. The number of hydrogen-bond donors (Lipinski definition) is 2. The molecule has 0 bridgehead atoms. The summed E-state index contributed by atoms with van der Waals surface area (Å²) < 4.78 is 0. The number of nitrogens with one attached hydrogen (secondary N) is 2. The first-order valence-corrected chi connectivity index (χ1v) is 6.19. The van der Waals surface area contributed by atoms with Crippen LogP contribution in [0.5, 0.6) is 0 Å². The highest BCUT2D eigenvalue weighted by Crippen LogP contribution is 2.11. The fourth-order valence-corrected chi connectivity index (χ4v) is 1.92. The summed E-state index contributed by atoms with van der Waals surface area (Å²) in [6, 6.07) is 14.1. The van der Waals surface area contributed by atoms with Crippen LogP contribution in [0, 0.1) is 0 Å². The zero-order valence-electron chi connectivity index (χ0n) is 10.1. The third-order valence-electron chi connectivity index (χ3n) is 2.59. The van der Waals surface area contributed by atoms with Gasteiger partial charge in [-0.05, 0) is 36.8 Å². The molecule has 92 valence electrons. The van der Waals surface area contributed by atoms with E-state index in [0.717, 1.165) is 5.69 Å². The molecule has 0 unspecified atom stereocenters. The van der Waals surface area contributed by atoms with Crippen LogP contribution in [-0.4, -0.2) is 10.1 Å². The lowest BCUT2D eigenvalue weighted by atomic mass is 10.1. The van der Waals surface area contributed by atoms with Crippen LogP contribution in [0.3, 0.4) is 0 Å². The van der Waals surface area contributed by atoms with Crippen LogP contribution < -0.4 is 10.6 Å². The van der Waals surface area contributed by atoms with Crippen molar-refractivity contribution in [2.24, 2.45) is 0 Å². The second-order valence-corrected chi connectivity index (χ2v) is 4.37. The number of thiocarbonyl (C=S) groups is 1. The largest absolute Gasteiger partial charge is 0.356 e. The molecule has 1 heterocycles. The molecule has 1 aromatic carbocycles. The van der Waals surface area contributed by atoms with Crippen molar-refractivity contribution in [2.75, 3.05) is 5.32 Å². The van der Waals surface area contributed by atoms with Crippen molar-refractivity contribution in [3.05, 3.63) is 60.4 Å². The smallest absolute Gasteiger partial charge is 0.171 e. The summed E-state index contributed by atoms with van der Waals surface area (Å²) in [7, 11) is 0. The first-order valence-electron chi connectivity index (χ1n) is 5.78. The van der Waals surface area contributed by atoms with Gasteiger partial charge >= 0.3 is 0 Å². The average Bonchev–Trinajstić information content (AvgIpc) is 2.40. The molecule has 0 amide bonds. The third kappa shape index (κ3) is 3.53. The maximum atomic E-state index is 5.27. The van der Waals surface area contributed by atoms with Gasteiger partial charge in [0.2, 0.25) is 0 Å². The standard InChI is InChI=1S/C14H15N3S/c1-11(12-5-3-2-4-6-12)16-14(18)17-13-7-9-15-10-8-13/h2-11H,1H3,(H2,15,16,17,18)/t11-/m1/s1. The Labute approximate surface area is 112 Å². The molecule has 0 spiro atoms. The molecular weight excluding hydrogens is 242 g/mol. The molecule has 18 heavy (non-hydrogen) atoms. The van der Waals surface area contributed by atoms with Crippen molar-refractivity contribution in [1.29, 1.82) is 0 Å². The summed E-state index contributed by atoms with van der Waals surface area (Å²) in [5.41, 5.74) is 2.14. The van der Waals surface area contributed by atoms with Crippen LogP contribution in [0.25, 0.3) is 0 Å². The quantitative estimate of drug-likeness (QED) is 0.828. The van der Waals surface area contributed by atoms with Crippen molar-refractivity contribution in [3.8, 4) is 0 Å². The Morgan fingerprint density at radius 2 is 1.78 bits per heavy atom. The molecule has 0 radical (unpaired) electrons. The average molecular weight is 257 g/mol. The van der Waals surface area contributed by atoms with Gasteiger partial charge in [-0.15, -0.1) is 0 Å². The van der Waals surface area contributed by atoms with Crippen molar-refractivity contribution in [2.45, 2.75) is 13.0 Å². The van der Waals surface area contributed by atoms with Gasteiger partial charge in [-0.3, -0.25) is 4.98 Å². The summed E-state index contributed by atoms with van der Waals surface area (Å²) in [5, 5.41) is 6.98. The number of benzene rings is 1. The number of rotatable bonds is 3. The molecule has 0 aliphatic rings. The van der Waals surface area contributed by atoms with Crippen molar-refractivity contribution in [3.63, 3.8) is 0 Å². The SMILES string of the molecule is C[C@@H](NC(=S)Nc1ccncc1)c1ccccc1. The lowest BCUT2D eigenvalue weighted by Gasteiger charge is -2.17. The van der Waals surface area contributed by atoms with Crippen LogP contribution in [-0.2, 0) is 0 Å². The van der Waals surface area contributed by atoms with Gasteiger partial charge in [0.1, 0.15) is 0 Å². The Morgan fingerprint density at radius 1 is 1.11 bits per heavy atom. The number of anilines is 1. The van der Waals surface area contributed by atoms with Crippen LogP contribution in [0.15, 0.2) is 54.9 Å². The summed E-state index contributed by atoms with van der Waals surface area (Å²) in [6.07, 6.45) is 3.46. The van der Waals surface area contributed by atoms with E-state index < -0.39 is 0 Å². The van der Waals surface area contributed by atoms with Crippen molar-refractivity contribution < 1.29 is 0 Å². The van der Waals surface area contributed by atoms with Crippen LogP contribution in [0.4, 0.5) is 5.69 Å². The topological polar surface area (TPSA) is 37.0 Å². The Hall–Kier alpha value is -1.94. The van der Waals surface area contributed by atoms with E-state index in [0.29, 0.717) is 5.11 Å². The Balaban J connectivity index is 1.92. The van der Waals surface area contributed by atoms with Gasteiger partial charge < -0.3 is 10.6 Å². The number of hydrogen-bond acceptors (Lipinski definition) is 2. The minimum absolute atomic E-state index is 0.174. The minimum Gasteiger partial charge on any atom is -0.356 e. The van der Waals surface area contributed by atoms with E-state index in [4.69, 9.17) is 12.2 Å². The molecule has 1 aromatic heterocycles. The third-order valence-corrected chi connectivity index (χ3v) is 2.81. The highest BCUT2D eigenvalue weighted by Gasteiger charge is 2.06. The molecule has 0 aliphatic heterocycles. The van der Waals surface area contributed by atoms with E-state index in [1.54, 1.807) is 12.4 Å². The lowest BCUT2D eigenvalue weighted by Crippen LogP contribution is -2.30. The molecule has 0 saturated carbocycles. The molecule has 0 saturated heterocycles. The Morgan fingerprint density at radius 3 is 2.44 bits per heavy atom. The van der Waals surface area contributed by atoms with Gasteiger partial charge in [-0.25, -0.2) is 0 Å². The normalized spacial score (nSPS) is 11.6. The predicted molar refractivity (Wildman–Crippen MR) is 78.5 cm³/mol. The summed E-state index contributed by atoms with van der Waals surface area (Å²) in [4.78, 5) is 3.96. The Kier molecular flexibility index (Phi) is 4.25. The molecule has 2 aromatic rings. The number of nitrogens with zero attached hydrogens (tertiary/aromatic N) is 1. The van der Waals surface area contributed by atoms with Gasteiger partial charge in [0.15, 0.2) is 5.11 Å². The van der Waals surface area contributed by atoms with Gasteiger partial charge in [0.25, 0.3) is 0 Å². The lowest BCUT2D eigenvalue weighted by molar-refractivity contribution is 0.722. The zero-order valence-corrected chi connectivity index (χ0v) is 10.9. The maximum Gasteiger partial charge on any atom is 0.171 e. The van der Waals surface area contributed by atoms with Gasteiger partial charge in [-0.1, -0.05) is 30.3 Å². The molecule has 1 atom stereocenters. The highest BCUT2D eigenvalue weighted by molar-refractivity contribution is 7.80. The number of aromatic nitrogens is 1. The molecule has 2 rings (SSSR count). The van der Waals surface area contributed by atoms with Crippen LogP contribution in [0.1, 0.15) is 18.5 Å². The molecule has 4 heteroatoms. The first kappa shape index (κ1) is 12.5. The highest BCUT2D eigenvalue weighted by atomic mass is 32.1. The zero-order chi connectivity index (χ0) is 12.8. The fourth-order valence-electron chi connectivity index (χ4n) is 1.62. The van der Waals surface area contributed by atoms with E-state index in [1.807, 2.05) is 30.3 Å². The second-order valence-electron chi connectivity index (χ2n) is 3.97. The van der Waals surface area contributed by atoms with E-state index in [2.05, 4.69) is 34.7 Å². The van der Waals surface area contributed by atoms with E-state index in [1.165, 1.54) is 5.56 Å². The molecule has 0 aliphatic carbocycles. The Bertz CT molecular complexity index is 499. The van der Waals surface area contributed by atoms with Crippen molar-refractivity contribution >= 4 is 23.0 Å². The van der Waals surface area contributed by atoms with Crippen LogP contribution in [0.2, 0.25) is 0 Å². The van der Waals surface area contributed by atoms with Gasteiger partial charge in [0, 0.05) is 18.1 Å². The van der Waals surface area contributed by atoms with Crippen LogP contribution >= 0.6 is 12.2 Å². The monoisotopic (exact) mass is 257 g/mol. The van der Waals surface area contributed by atoms with Crippen molar-refractivity contribution in [1.82, 2.24) is 10.3 Å². The molecule has 2 N–H and O–H groups in total. The van der Waals surface area contributed by atoms with E-state index in [9.17, 15) is 0 Å². The predicted octanol–water partition coefficient (Wildman–Crippen LogP) is 3.13. The maximum absolute atomic E-state index is 5.27. The fraction of sp³-hybridized carbons (Fsp3) is 0.143. The summed E-state index contributed by atoms with van der Waals surface area (Å²) in [5.74, 6) is 0. The minimum atomic E-state index is 0.174. The molecule has 3 nitrogen and oxygen atoms in total. The van der Waals surface area contributed by atoms with Gasteiger partial charge in [0.05, 0.1) is 6.04 Å². The summed E-state index contributed by atoms with van der Waals surface area (Å²) >= 11 is 5.27. The summed E-state index contributed by atoms with van der Waals surface area (Å²) in [6.45, 7) is 2.08. The van der Waals surface area contributed by atoms with E-state index >= 15 is 0 Å². The van der Waals surface area contributed by atoms with E-state index in [-0.39, 0.29) is 6.04 Å². The molecular formula is C14H15N3S.